The fourth-order valence-electron chi connectivity index (χ4n) is 1.59. The van der Waals surface area contributed by atoms with Crippen LogP contribution in [-0.4, -0.2) is 28.6 Å². The maximum absolute atomic E-state index is 4.28. The van der Waals surface area contributed by atoms with E-state index in [9.17, 15) is 0 Å². The highest BCUT2D eigenvalue weighted by Crippen LogP contribution is 2.10. The fourth-order valence-corrected chi connectivity index (χ4v) is 1.59. The van der Waals surface area contributed by atoms with Gasteiger partial charge in [-0.15, -0.1) is 0 Å². The number of aromatic amines is 1. The molecule has 0 aromatic carbocycles. The van der Waals surface area contributed by atoms with Crippen LogP contribution in [0.4, 0.5) is 0 Å². The Kier molecular flexibility index (Phi) is 4.96. The van der Waals surface area contributed by atoms with Crippen molar-refractivity contribution >= 4 is 0 Å². The van der Waals surface area contributed by atoms with Gasteiger partial charge in [0.25, 0.3) is 0 Å². The second-order valence-electron chi connectivity index (χ2n) is 5.07. The Morgan fingerprint density at radius 3 is 2.62 bits per heavy atom. The van der Waals surface area contributed by atoms with Gasteiger partial charge < -0.3 is 15.6 Å². The van der Waals surface area contributed by atoms with Gasteiger partial charge >= 0.3 is 0 Å². The zero-order chi connectivity index (χ0) is 12.0. The van der Waals surface area contributed by atoms with Gasteiger partial charge in [-0.3, -0.25) is 0 Å². The molecule has 1 unspecified atom stereocenters. The summed E-state index contributed by atoms with van der Waals surface area (Å²) in [4.78, 5) is 7.43. The third-order valence-corrected chi connectivity index (χ3v) is 2.43. The first kappa shape index (κ1) is 13.2. The van der Waals surface area contributed by atoms with Crippen molar-refractivity contribution in [2.75, 3.05) is 13.1 Å². The SMILES string of the molecule is CCC(NCCNC(C)(C)C)c1ncc[nH]1. The van der Waals surface area contributed by atoms with Crippen molar-refractivity contribution < 1.29 is 0 Å². The van der Waals surface area contributed by atoms with Crippen LogP contribution in [0.2, 0.25) is 0 Å². The second kappa shape index (κ2) is 6.01. The summed E-state index contributed by atoms with van der Waals surface area (Å²) in [6.07, 6.45) is 4.71. The number of H-pyrrole nitrogens is 1. The third kappa shape index (κ3) is 4.77. The Bertz CT molecular complexity index is 274. The molecule has 0 aliphatic carbocycles. The van der Waals surface area contributed by atoms with E-state index in [4.69, 9.17) is 0 Å². The topological polar surface area (TPSA) is 52.7 Å². The van der Waals surface area contributed by atoms with Gasteiger partial charge in [-0.1, -0.05) is 6.92 Å². The van der Waals surface area contributed by atoms with Crippen LogP contribution in [0.15, 0.2) is 12.4 Å². The molecular weight excluding hydrogens is 200 g/mol. The van der Waals surface area contributed by atoms with E-state index in [2.05, 4.69) is 48.3 Å². The van der Waals surface area contributed by atoms with Crippen molar-refractivity contribution in [1.82, 2.24) is 20.6 Å². The van der Waals surface area contributed by atoms with Crippen LogP contribution in [0.5, 0.6) is 0 Å². The monoisotopic (exact) mass is 224 g/mol. The summed E-state index contributed by atoms with van der Waals surface area (Å²) in [6.45, 7) is 10.6. The Hall–Kier alpha value is -0.870. The van der Waals surface area contributed by atoms with Crippen molar-refractivity contribution in [2.24, 2.45) is 0 Å². The average Bonchev–Trinajstić information content (AvgIpc) is 2.69. The minimum atomic E-state index is 0.189. The third-order valence-electron chi connectivity index (χ3n) is 2.43. The zero-order valence-electron chi connectivity index (χ0n) is 10.8. The molecule has 0 amide bonds. The van der Waals surface area contributed by atoms with Crippen LogP contribution in [0.25, 0.3) is 0 Å². The summed E-state index contributed by atoms with van der Waals surface area (Å²) >= 11 is 0. The summed E-state index contributed by atoms with van der Waals surface area (Å²) in [5.41, 5.74) is 0.189. The quantitative estimate of drug-likeness (QED) is 0.646. The number of imidazole rings is 1. The molecule has 1 aromatic rings. The lowest BCUT2D eigenvalue weighted by Crippen LogP contribution is -2.40. The van der Waals surface area contributed by atoms with Crippen molar-refractivity contribution in [1.29, 1.82) is 0 Å². The van der Waals surface area contributed by atoms with Crippen LogP contribution < -0.4 is 10.6 Å². The van der Waals surface area contributed by atoms with Gasteiger partial charge in [-0.25, -0.2) is 4.98 Å². The Labute approximate surface area is 98.2 Å². The Balaban J connectivity index is 2.25. The Morgan fingerprint density at radius 2 is 2.12 bits per heavy atom. The molecule has 0 aliphatic heterocycles. The molecular formula is C12H24N4. The predicted octanol–water partition coefficient (Wildman–Crippen LogP) is 1.84. The van der Waals surface area contributed by atoms with Gasteiger partial charge in [0.1, 0.15) is 5.82 Å². The highest BCUT2D eigenvalue weighted by Gasteiger charge is 2.11. The maximum atomic E-state index is 4.28. The van der Waals surface area contributed by atoms with Crippen LogP contribution in [0.3, 0.4) is 0 Å². The van der Waals surface area contributed by atoms with Crippen LogP contribution in [0.1, 0.15) is 46.0 Å². The number of nitrogens with zero attached hydrogens (tertiary/aromatic N) is 1. The molecule has 1 atom stereocenters. The van der Waals surface area contributed by atoms with Crippen LogP contribution in [0, 0.1) is 0 Å². The molecule has 1 heterocycles. The normalized spacial score (nSPS) is 14.0. The van der Waals surface area contributed by atoms with E-state index in [1.54, 1.807) is 6.20 Å². The lowest BCUT2D eigenvalue weighted by atomic mass is 10.1. The van der Waals surface area contributed by atoms with Gasteiger partial charge in [0.15, 0.2) is 0 Å². The van der Waals surface area contributed by atoms with Gasteiger partial charge in [-0.2, -0.15) is 0 Å². The number of aromatic nitrogens is 2. The van der Waals surface area contributed by atoms with E-state index in [0.29, 0.717) is 6.04 Å². The fraction of sp³-hybridized carbons (Fsp3) is 0.750. The summed E-state index contributed by atoms with van der Waals surface area (Å²) in [5.74, 6) is 1.03. The van der Waals surface area contributed by atoms with Gasteiger partial charge in [-0.05, 0) is 27.2 Å². The number of rotatable bonds is 6. The summed E-state index contributed by atoms with van der Waals surface area (Å²) < 4.78 is 0. The summed E-state index contributed by atoms with van der Waals surface area (Å²) in [6, 6.07) is 0.330. The molecule has 16 heavy (non-hydrogen) atoms. The number of hydrogen-bond donors (Lipinski definition) is 3. The molecule has 4 heteroatoms. The molecule has 0 fully saturated rings. The second-order valence-corrected chi connectivity index (χ2v) is 5.07. The number of hydrogen-bond acceptors (Lipinski definition) is 3. The highest BCUT2D eigenvalue weighted by atomic mass is 15.0. The van der Waals surface area contributed by atoms with Crippen molar-refractivity contribution in [3.05, 3.63) is 18.2 Å². The van der Waals surface area contributed by atoms with Crippen molar-refractivity contribution in [3.63, 3.8) is 0 Å². The first-order valence-corrected chi connectivity index (χ1v) is 6.00. The van der Waals surface area contributed by atoms with Gasteiger partial charge in [0.05, 0.1) is 6.04 Å². The standard InChI is InChI=1S/C12H24N4/c1-5-10(11-14-6-7-15-11)13-8-9-16-12(2,3)4/h6-7,10,13,16H,5,8-9H2,1-4H3,(H,14,15). The van der Waals surface area contributed by atoms with Crippen molar-refractivity contribution in [2.45, 2.75) is 45.7 Å². The summed E-state index contributed by atoms with van der Waals surface area (Å²) in [7, 11) is 0. The molecule has 92 valence electrons. The van der Waals surface area contributed by atoms with Gasteiger partial charge in [0, 0.05) is 31.0 Å². The van der Waals surface area contributed by atoms with E-state index in [0.717, 1.165) is 25.3 Å². The average molecular weight is 224 g/mol. The van der Waals surface area contributed by atoms with E-state index < -0.39 is 0 Å². The first-order valence-electron chi connectivity index (χ1n) is 6.00. The molecule has 0 bridgehead atoms. The maximum Gasteiger partial charge on any atom is 0.123 e. The van der Waals surface area contributed by atoms with E-state index in [1.165, 1.54) is 0 Å². The molecule has 0 radical (unpaired) electrons. The molecule has 0 saturated carbocycles. The van der Waals surface area contributed by atoms with Crippen LogP contribution in [-0.2, 0) is 0 Å². The molecule has 1 rings (SSSR count). The molecule has 0 saturated heterocycles. The minimum Gasteiger partial charge on any atom is -0.347 e. The lowest BCUT2D eigenvalue weighted by molar-refractivity contribution is 0.405. The molecule has 3 N–H and O–H groups in total. The van der Waals surface area contributed by atoms with Crippen molar-refractivity contribution in [3.8, 4) is 0 Å². The zero-order valence-corrected chi connectivity index (χ0v) is 10.8. The van der Waals surface area contributed by atoms with E-state index >= 15 is 0 Å². The largest absolute Gasteiger partial charge is 0.347 e. The van der Waals surface area contributed by atoms with Gasteiger partial charge in [0.2, 0.25) is 0 Å². The minimum absolute atomic E-state index is 0.189. The molecule has 1 aromatic heterocycles. The predicted molar refractivity (Wildman–Crippen MR) is 67.4 cm³/mol. The van der Waals surface area contributed by atoms with E-state index in [1.807, 2.05) is 6.20 Å². The highest BCUT2D eigenvalue weighted by molar-refractivity contribution is 4.94. The summed E-state index contributed by atoms with van der Waals surface area (Å²) in [5, 5.41) is 6.94. The first-order chi connectivity index (χ1) is 7.53. The molecule has 4 nitrogen and oxygen atoms in total. The van der Waals surface area contributed by atoms with Crippen LogP contribution >= 0.6 is 0 Å². The smallest absolute Gasteiger partial charge is 0.123 e. The number of nitrogens with one attached hydrogen (secondary N) is 3. The molecule has 0 spiro atoms. The Morgan fingerprint density at radius 1 is 1.38 bits per heavy atom. The molecule has 0 aliphatic rings. The van der Waals surface area contributed by atoms with E-state index in [-0.39, 0.29) is 5.54 Å². The lowest BCUT2D eigenvalue weighted by Gasteiger charge is -2.22.